The van der Waals surface area contributed by atoms with E-state index in [-0.39, 0.29) is 11.8 Å². The van der Waals surface area contributed by atoms with Crippen LogP contribution in [-0.2, 0) is 11.3 Å². The van der Waals surface area contributed by atoms with Crippen LogP contribution in [0.25, 0.3) is 0 Å². The summed E-state index contributed by atoms with van der Waals surface area (Å²) < 4.78 is 1.65. The Bertz CT molecular complexity index is 720. The molecule has 0 unspecified atom stereocenters. The van der Waals surface area contributed by atoms with Gasteiger partial charge in [-0.3, -0.25) is 14.3 Å². The number of amides is 2. The number of carbonyl (C=O) groups is 2. The summed E-state index contributed by atoms with van der Waals surface area (Å²) in [4.78, 5) is 27.4. The zero-order chi connectivity index (χ0) is 18.4. The van der Waals surface area contributed by atoms with Crippen LogP contribution in [-0.4, -0.2) is 39.6 Å². The number of nitrogens with one attached hydrogen (secondary N) is 1. The summed E-state index contributed by atoms with van der Waals surface area (Å²) in [6, 6.07) is 10.4. The molecule has 2 aromatic rings. The van der Waals surface area contributed by atoms with Crippen molar-refractivity contribution in [3.63, 3.8) is 0 Å². The molecule has 0 radical (unpaired) electrons. The van der Waals surface area contributed by atoms with Gasteiger partial charge in [0.1, 0.15) is 11.7 Å². The second-order valence-electron chi connectivity index (χ2n) is 5.81. The van der Waals surface area contributed by atoms with Crippen LogP contribution in [0.3, 0.4) is 0 Å². The van der Waals surface area contributed by atoms with Gasteiger partial charge in [0.25, 0.3) is 5.91 Å². The highest BCUT2D eigenvalue weighted by Gasteiger charge is 2.27. The molecule has 2 amide bonds. The Morgan fingerprint density at radius 1 is 1.16 bits per heavy atom. The molecule has 0 aliphatic heterocycles. The lowest BCUT2D eigenvalue weighted by Gasteiger charge is -2.26. The van der Waals surface area contributed by atoms with E-state index in [9.17, 15) is 9.59 Å². The SMILES string of the molecule is CCN(CC)C(=O)[C@H](NC(=O)c1cc(C)nn1CC)c1ccccc1. The minimum absolute atomic E-state index is 0.108. The standard InChI is InChI=1S/C19H26N4O2/c1-5-22(6-2)19(25)17(15-11-9-8-10-12-15)20-18(24)16-13-14(4)21-23(16)7-3/h8-13,17H,5-7H2,1-4H3,(H,20,24)/t17-/m1/s1. The number of hydrogen-bond acceptors (Lipinski definition) is 3. The molecule has 134 valence electrons. The molecular formula is C19H26N4O2. The van der Waals surface area contributed by atoms with Crippen LogP contribution in [0.5, 0.6) is 0 Å². The van der Waals surface area contributed by atoms with Crippen LogP contribution in [0.1, 0.15) is 48.6 Å². The lowest BCUT2D eigenvalue weighted by molar-refractivity contribution is -0.133. The molecule has 1 aromatic carbocycles. The summed E-state index contributed by atoms with van der Waals surface area (Å²) in [7, 11) is 0. The van der Waals surface area contributed by atoms with E-state index in [1.54, 1.807) is 15.6 Å². The van der Waals surface area contributed by atoms with Crippen molar-refractivity contribution in [2.24, 2.45) is 0 Å². The number of aryl methyl sites for hydroxylation is 2. The van der Waals surface area contributed by atoms with E-state index in [1.807, 2.05) is 58.0 Å². The van der Waals surface area contributed by atoms with Gasteiger partial charge in [0.15, 0.2) is 0 Å². The number of rotatable bonds is 7. The normalized spacial score (nSPS) is 11.8. The van der Waals surface area contributed by atoms with Gasteiger partial charge in [-0.05, 0) is 39.3 Å². The van der Waals surface area contributed by atoms with Gasteiger partial charge in [-0.15, -0.1) is 0 Å². The third-order valence-corrected chi connectivity index (χ3v) is 4.16. The molecule has 0 aliphatic carbocycles. The second kappa shape index (κ2) is 8.46. The molecular weight excluding hydrogens is 316 g/mol. The first-order chi connectivity index (χ1) is 12.0. The Kier molecular flexibility index (Phi) is 6.33. The molecule has 0 saturated heterocycles. The molecule has 1 atom stereocenters. The molecule has 0 saturated carbocycles. The van der Waals surface area contributed by atoms with Crippen molar-refractivity contribution < 1.29 is 9.59 Å². The van der Waals surface area contributed by atoms with E-state index < -0.39 is 6.04 Å². The van der Waals surface area contributed by atoms with Crippen molar-refractivity contribution in [1.29, 1.82) is 0 Å². The lowest BCUT2D eigenvalue weighted by Crippen LogP contribution is -2.43. The average molecular weight is 342 g/mol. The van der Waals surface area contributed by atoms with E-state index in [1.165, 1.54) is 0 Å². The van der Waals surface area contributed by atoms with Crippen molar-refractivity contribution in [3.05, 3.63) is 53.3 Å². The molecule has 0 aliphatic rings. The van der Waals surface area contributed by atoms with Crippen LogP contribution in [0.4, 0.5) is 0 Å². The Balaban J connectivity index is 2.33. The first-order valence-electron chi connectivity index (χ1n) is 8.70. The van der Waals surface area contributed by atoms with Gasteiger partial charge in [0.05, 0.1) is 5.69 Å². The van der Waals surface area contributed by atoms with Gasteiger partial charge in [0, 0.05) is 19.6 Å². The highest BCUT2D eigenvalue weighted by atomic mass is 16.2. The zero-order valence-electron chi connectivity index (χ0n) is 15.3. The van der Waals surface area contributed by atoms with Crippen LogP contribution < -0.4 is 5.32 Å². The molecule has 25 heavy (non-hydrogen) atoms. The number of benzene rings is 1. The molecule has 0 bridgehead atoms. The summed E-state index contributed by atoms with van der Waals surface area (Å²) in [5.74, 6) is -0.402. The molecule has 6 heteroatoms. The largest absolute Gasteiger partial charge is 0.341 e. The van der Waals surface area contributed by atoms with Crippen LogP contribution in [0.15, 0.2) is 36.4 Å². The van der Waals surface area contributed by atoms with Gasteiger partial charge < -0.3 is 10.2 Å². The third kappa shape index (κ3) is 4.26. The van der Waals surface area contributed by atoms with Crippen molar-refractivity contribution in [1.82, 2.24) is 20.0 Å². The van der Waals surface area contributed by atoms with Crippen LogP contribution in [0, 0.1) is 6.92 Å². The van der Waals surface area contributed by atoms with E-state index >= 15 is 0 Å². The Hall–Kier alpha value is -2.63. The van der Waals surface area contributed by atoms with E-state index in [4.69, 9.17) is 0 Å². The van der Waals surface area contributed by atoms with Gasteiger partial charge in [-0.25, -0.2) is 0 Å². The highest BCUT2D eigenvalue weighted by molar-refractivity contribution is 5.96. The fourth-order valence-electron chi connectivity index (χ4n) is 2.83. The average Bonchev–Trinajstić information content (AvgIpc) is 3.02. The second-order valence-corrected chi connectivity index (χ2v) is 5.81. The van der Waals surface area contributed by atoms with E-state index in [0.717, 1.165) is 11.3 Å². The maximum atomic E-state index is 12.9. The molecule has 1 heterocycles. The van der Waals surface area contributed by atoms with E-state index in [2.05, 4.69) is 10.4 Å². The quantitative estimate of drug-likeness (QED) is 0.841. The summed E-state index contributed by atoms with van der Waals surface area (Å²) in [6.45, 7) is 9.43. The Labute approximate surface area is 148 Å². The number of carbonyl (C=O) groups excluding carboxylic acids is 2. The maximum absolute atomic E-state index is 12.9. The fourth-order valence-corrected chi connectivity index (χ4v) is 2.83. The minimum Gasteiger partial charge on any atom is -0.341 e. The van der Waals surface area contributed by atoms with Gasteiger partial charge in [-0.1, -0.05) is 30.3 Å². The number of nitrogens with zero attached hydrogens (tertiary/aromatic N) is 3. The molecule has 0 spiro atoms. The third-order valence-electron chi connectivity index (χ3n) is 4.16. The minimum atomic E-state index is -0.714. The summed E-state index contributed by atoms with van der Waals surface area (Å²) in [6.07, 6.45) is 0. The Morgan fingerprint density at radius 3 is 2.36 bits per heavy atom. The Morgan fingerprint density at radius 2 is 1.80 bits per heavy atom. The first-order valence-corrected chi connectivity index (χ1v) is 8.70. The molecule has 2 rings (SSSR count). The van der Waals surface area contributed by atoms with Gasteiger partial charge >= 0.3 is 0 Å². The van der Waals surface area contributed by atoms with Crippen molar-refractivity contribution in [2.45, 2.75) is 40.3 Å². The smallest absolute Gasteiger partial charge is 0.270 e. The summed E-state index contributed by atoms with van der Waals surface area (Å²) in [5.41, 5.74) is 2.01. The monoisotopic (exact) mass is 342 g/mol. The molecule has 6 nitrogen and oxygen atoms in total. The predicted octanol–water partition coefficient (Wildman–Crippen LogP) is 2.55. The van der Waals surface area contributed by atoms with Gasteiger partial charge in [-0.2, -0.15) is 5.10 Å². The lowest BCUT2D eigenvalue weighted by atomic mass is 10.1. The van der Waals surface area contributed by atoms with Crippen LogP contribution >= 0.6 is 0 Å². The fraction of sp³-hybridized carbons (Fsp3) is 0.421. The summed E-state index contributed by atoms with van der Waals surface area (Å²) >= 11 is 0. The van der Waals surface area contributed by atoms with Crippen molar-refractivity contribution >= 4 is 11.8 Å². The van der Waals surface area contributed by atoms with Crippen molar-refractivity contribution in [2.75, 3.05) is 13.1 Å². The zero-order valence-corrected chi connectivity index (χ0v) is 15.3. The molecule has 0 fully saturated rings. The number of aromatic nitrogens is 2. The molecule has 1 aromatic heterocycles. The first kappa shape index (κ1) is 18.7. The number of hydrogen-bond donors (Lipinski definition) is 1. The topological polar surface area (TPSA) is 67.2 Å². The predicted molar refractivity (Wildman–Crippen MR) is 97.2 cm³/mol. The van der Waals surface area contributed by atoms with E-state index in [0.29, 0.717) is 25.3 Å². The highest BCUT2D eigenvalue weighted by Crippen LogP contribution is 2.17. The van der Waals surface area contributed by atoms with Crippen molar-refractivity contribution in [3.8, 4) is 0 Å². The maximum Gasteiger partial charge on any atom is 0.270 e. The van der Waals surface area contributed by atoms with Crippen LogP contribution in [0.2, 0.25) is 0 Å². The number of likely N-dealkylation sites (N-methyl/N-ethyl adjacent to an activating group) is 1. The summed E-state index contributed by atoms with van der Waals surface area (Å²) in [5, 5.41) is 7.20. The molecule has 1 N–H and O–H groups in total. The van der Waals surface area contributed by atoms with Gasteiger partial charge in [0.2, 0.25) is 5.91 Å².